The topological polar surface area (TPSA) is 29.1 Å². The minimum Gasteiger partial charge on any atom is -0.347 e. The van der Waals surface area contributed by atoms with Crippen LogP contribution in [0.1, 0.15) is 50.0 Å². The molecule has 0 heterocycles. The van der Waals surface area contributed by atoms with Gasteiger partial charge in [-0.1, -0.05) is 62.4 Å². The number of carbonyl (C=O) groups excluding carboxylic acids is 1. The van der Waals surface area contributed by atoms with Crippen LogP contribution in [0.3, 0.4) is 0 Å². The molecule has 23 heavy (non-hydrogen) atoms. The van der Waals surface area contributed by atoms with E-state index >= 15 is 0 Å². The molecule has 1 aliphatic carbocycles. The van der Waals surface area contributed by atoms with E-state index < -0.39 is 0 Å². The maximum absolute atomic E-state index is 12.5. The first-order chi connectivity index (χ1) is 10.9. The highest BCUT2D eigenvalue weighted by Crippen LogP contribution is 2.25. The zero-order chi connectivity index (χ0) is 16.9. The van der Waals surface area contributed by atoms with Gasteiger partial charge in [-0.3, -0.25) is 4.79 Å². The Morgan fingerprint density at radius 3 is 2.48 bits per heavy atom. The molecule has 0 saturated carbocycles. The molecule has 1 unspecified atom stereocenters. The summed E-state index contributed by atoms with van der Waals surface area (Å²) in [4.78, 5) is 12.5. The zero-order valence-corrected chi connectivity index (χ0v) is 14.5. The Morgan fingerprint density at radius 1 is 1.22 bits per heavy atom. The second-order valence-electron chi connectivity index (χ2n) is 7.06. The number of hydrogen-bond acceptors (Lipinski definition) is 1. The first-order valence-corrected chi connectivity index (χ1v) is 8.32. The van der Waals surface area contributed by atoms with Crippen LogP contribution in [0.25, 0.3) is 6.08 Å². The average molecular weight is 309 g/mol. The first-order valence-electron chi connectivity index (χ1n) is 8.32. The van der Waals surface area contributed by atoms with Crippen molar-refractivity contribution in [2.24, 2.45) is 11.8 Å². The van der Waals surface area contributed by atoms with Crippen LogP contribution < -0.4 is 5.32 Å². The molecule has 0 radical (unpaired) electrons. The van der Waals surface area contributed by atoms with Crippen molar-refractivity contribution in [2.45, 2.75) is 39.7 Å². The lowest BCUT2D eigenvalue weighted by Gasteiger charge is -2.34. The van der Waals surface area contributed by atoms with Crippen LogP contribution >= 0.6 is 0 Å². The summed E-state index contributed by atoms with van der Waals surface area (Å²) in [7, 11) is 0. The number of nitrogens with one attached hydrogen (secondary N) is 1. The third kappa shape index (κ3) is 4.95. The van der Waals surface area contributed by atoms with Gasteiger partial charge in [0.25, 0.3) is 5.91 Å². The molecule has 0 bridgehead atoms. The molecule has 2 nitrogen and oxygen atoms in total. The molecular formula is C21H27NO. The van der Waals surface area contributed by atoms with Gasteiger partial charge in [-0.15, -0.1) is 0 Å². The standard InChI is InChI=1S/C21H27NO/c1-16(2)10-11-17-12-14-18(15-13-17)20(23)22-21(3,4)19-8-6-5-7-9-19/h5-8,10-16,19H,9H2,1-4H3,(H,22,23)/b11-10+. The van der Waals surface area contributed by atoms with Gasteiger partial charge in [0.2, 0.25) is 0 Å². The lowest BCUT2D eigenvalue weighted by atomic mass is 9.82. The van der Waals surface area contributed by atoms with Gasteiger partial charge in [-0.25, -0.2) is 0 Å². The van der Waals surface area contributed by atoms with E-state index in [4.69, 9.17) is 0 Å². The van der Waals surface area contributed by atoms with Crippen molar-refractivity contribution in [3.8, 4) is 0 Å². The minimum atomic E-state index is -0.269. The summed E-state index contributed by atoms with van der Waals surface area (Å²) in [6.45, 7) is 8.46. The first kappa shape index (κ1) is 17.3. The SMILES string of the molecule is CC(C)/C=C/c1ccc(C(=O)NC(C)(C)C2C=CC=CC2)cc1. The smallest absolute Gasteiger partial charge is 0.251 e. The quantitative estimate of drug-likeness (QED) is 0.815. The van der Waals surface area contributed by atoms with E-state index in [1.165, 1.54) is 0 Å². The van der Waals surface area contributed by atoms with Crippen molar-refractivity contribution >= 4 is 12.0 Å². The summed E-state index contributed by atoms with van der Waals surface area (Å²) in [5.41, 5.74) is 1.55. The van der Waals surface area contributed by atoms with E-state index in [2.05, 4.69) is 69.5 Å². The van der Waals surface area contributed by atoms with Crippen LogP contribution in [0.4, 0.5) is 0 Å². The average Bonchev–Trinajstić information content (AvgIpc) is 2.54. The maximum Gasteiger partial charge on any atom is 0.251 e. The number of carbonyl (C=O) groups is 1. The Balaban J connectivity index is 2.02. The fourth-order valence-electron chi connectivity index (χ4n) is 2.62. The fraction of sp³-hybridized carbons (Fsp3) is 0.381. The third-order valence-electron chi connectivity index (χ3n) is 4.19. The Morgan fingerprint density at radius 2 is 1.91 bits per heavy atom. The third-order valence-corrected chi connectivity index (χ3v) is 4.19. The van der Waals surface area contributed by atoms with Gasteiger partial charge in [0.15, 0.2) is 0 Å². The van der Waals surface area contributed by atoms with Crippen molar-refractivity contribution in [1.29, 1.82) is 0 Å². The van der Waals surface area contributed by atoms with E-state index in [1.54, 1.807) is 0 Å². The van der Waals surface area contributed by atoms with Crippen molar-refractivity contribution in [3.05, 3.63) is 65.8 Å². The van der Waals surface area contributed by atoms with Gasteiger partial charge in [0, 0.05) is 17.0 Å². The molecule has 1 aliphatic rings. The van der Waals surface area contributed by atoms with Crippen LogP contribution in [0.15, 0.2) is 54.6 Å². The van der Waals surface area contributed by atoms with Crippen LogP contribution in [-0.4, -0.2) is 11.4 Å². The molecule has 0 saturated heterocycles. The van der Waals surface area contributed by atoms with E-state index in [0.717, 1.165) is 12.0 Å². The predicted molar refractivity (Wildman–Crippen MR) is 98.2 cm³/mol. The fourth-order valence-corrected chi connectivity index (χ4v) is 2.62. The van der Waals surface area contributed by atoms with Gasteiger partial charge in [0.05, 0.1) is 0 Å². The monoisotopic (exact) mass is 309 g/mol. The number of hydrogen-bond donors (Lipinski definition) is 1. The lowest BCUT2D eigenvalue weighted by Crippen LogP contribution is -2.48. The molecule has 1 N–H and O–H groups in total. The maximum atomic E-state index is 12.5. The normalized spacial score (nSPS) is 17.9. The van der Waals surface area contributed by atoms with Crippen LogP contribution in [0.2, 0.25) is 0 Å². The van der Waals surface area contributed by atoms with E-state index in [-0.39, 0.29) is 11.4 Å². The molecule has 0 aromatic heterocycles. The predicted octanol–water partition coefficient (Wildman–Crippen LogP) is 5.00. The second-order valence-corrected chi connectivity index (χ2v) is 7.06. The summed E-state index contributed by atoms with van der Waals surface area (Å²) >= 11 is 0. The summed E-state index contributed by atoms with van der Waals surface area (Å²) in [6.07, 6.45) is 13.6. The van der Waals surface area contributed by atoms with Crippen LogP contribution in [-0.2, 0) is 0 Å². The molecule has 0 aliphatic heterocycles. The largest absolute Gasteiger partial charge is 0.347 e. The van der Waals surface area contributed by atoms with Gasteiger partial charge in [-0.2, -0.15) is 0 Å². The number of benzene rings is 1. The Hall–Kier alpha value is -2.09. The molecule has 2 rings (SSSR count). The van der Waals surface area contributed by atoms with Gasteiger partial charge >= 0.3 is 0 Å². The number of amides is 1. The van der Waals surface area contributed by atoms with E-state index in [9.17, 15) is 4.79 Å². The molecule has 122 valence electrons. The van der Waals surface area contributed by atoms with Gasteiger partial charge in [0.1, 0.15) is 0 Å². The molecule has 0 spiro atoms. The lowest BCUT2D eigenvalue weighted by molar-refractivity contribution is 0.0893. The molecule has 2 heteroatoms. The second kappa shape index (κ2) is 7.45. The molecule has 1 aromatic rings. The molecule has 1 amide bonds. The summed E-state index contributed by atoms with van der Waals surface area (Å²) in [6, 6.07) is 7.76. The minimum absolute atomic E-state index is 0.0163. The van der Waals surface area contributed by atoms with E-state index in [1.807, 2.05) is 24.3 Å². The summed E-state index contributed by atoms with van der Waals surface area (Å²) < 4.78 is 0. The molecule has 1 aromatic carbocycles. The van der Waals surface area contributed by atoms with Crippen LogP contribution in [0.5, 0.6) is 0 Å². The Labute approximate surface area is 140 Å². The van der Waals surface area contributed by atoms with Crippen molar-refractivity contribution < 1.29 is 4.79 Å². The zero-order valence-electron chi connectivity index (χ0n) is 14.5. The van der Waals surface area contributed by atoms with E-state index in [0.29, 0.717) is 17.4 Å². The van der Waals surface area contributed by atoms with Crippen LogP contribution in [0, 0.1) is 11.8 Å². The van der Waals surface area contributed by atoms with Gasteiger partial charge < -0.3 is 5.32 Å². The van der Waals surface area contributed by atoms with Crippen molar-refractivity contribution in [1.82, 2.24) is 5.32 Å². The summed E-state index contributed by atoms with van der Waals surface area (Å²) in [5.74, 6) is 0.832. The molecular weight excluding hydrogens is 282 g/mol. The highest BCUT2D eigenvalue weighted by atomic mass is 16.1. The highest BCUT2D eigenvalue weighted by Gasteiger charge is 2.29. The van der Waals surface area contributed by atoms with Gasteiger partial charge in [-0.05, 0) is 43.9 Å². The molecule has 1 atom stereocenters. The Bertz CT molecular complexity index is 618. The van der Waals surface area contributed by atoms with Crippen molar-refractivity contribution in [2.75, 3.05) is 0 Å². The Kier molecular flexibility index (Phi) is 5.59. The van der Waals surface area contributed by atoms with Crippen molar-refractivity contribution in [3.63, 3.8) is 0 Å². The molecule has 0 fully saturated rings. The number of allylic oxidation sites excluding steroid dienone is 4. The number of rotatable bonds is 5. The highest BCUT2D eigenvalue weighted by molar-refractivity contribution is 5.94. The summed E-state index contributed by atoms with van der Waals surface area (Å²) in [5, 5.41) is 3.17.